The Labute approximate surface area is 133 Å². The van der Waals surface area contributed by atoms with Crippen LogP contribution in [-0.4, -0.2) is 15.7 Å². The van der Waals surface area contributed by atoms with Crippen LogP contribution in [0, 0.1) is 6.92 Å². The zero-order chi connectivity index (χ0) is 14.0. The Morgan fingerprint density at radius 3 is 2.95 bits per heavy atom. The van der Waals surface area contributed by atoms with Gasteiger partial charge in [0.25, 0.3) is 0 Å². The Bertz CT molecular complexity index is 573. The quantitative estimate of drug-likeness (QED) is 0.737. The van der Waals surface area contributed by atoms with Gasteiger partial charge in [0.15, 0.2) is 5.13 Å². The fourth-order valence-electron chi connectivity index (χ4n) is 1.67. The molecule has 0 bridgehead atoms. The highest BCUT2D eigenvalue weighted by atomic mass is 79.9. The maximum atomic E-state index is 11.9. The molecular weight excluding hydrogens is 392 g/mol. The predicted molar refractivity (Wildman–Crippen MR) is 88.3 cm³/mol. The van der Waals surface area contributed by atoms with Gasteiger partial charge in [0.1, 0.15) is 0 Å². The van der Waals surface area contributed by atoms with Gasteiger partial charge < -0.3 is 5.32 Å². The van der Waals surface area contributed by atoms with Crippen LogP contribution in [0.1, 0.15) is 25.3 Å². The highest BCUT2D eigenvalue weighted by Gasteiger charge is 2.15. The molecular formula is C13H14Br2N2OS. The number of benzene rings is 1. The standard InChI is InChI=1S/C13H14Br2N2OS/c1-3-4-8(14)12(18)17-13-16-10-6-9(15)7(2)5-11(10)19-13/h5-6,8H,3-4H2,1-2H3,(H,16,17,18)/t8-/m0/s1. The van der Waals surface area contributed by atoms with E-state index >= 15 is 0 Å². The summed E-state index contributed by atoms with van der Waals surface area (Å²) >= 11 is 8.37. The molecule has 1 atom stereocenters. The van der Waals surface area contributed by atoms with E-state index in [0.717, 1.165) is 27.5 Å². The van der Waals surface area contributed by atoms with Crippen molar-refractivity contribution in [2.45, 2.75) is 31.5 Å². The molecule has 0 saturated carbocycles. The fraction of sp³-hybridized carbons (Fsp3) is 0.385. The molecule has 1 aromatic heterocycles. The van der Waals surface area contributed by atoms with Crippen LogP contribution in [-0.2, 0) is 4.79 Å². The van der Waals surface area contributed by atoms with Crippen LogP contribution in [0.5, 0.6) is 0 Å². The van der Waals surface area contributed by atoms with Gasteiger partial charge in [-0.25, -0.2) is 4.98 Å². The lowest BCUT2D eigenvalue weighted by Gasteiger charge is -2.06. The van der Waals surface area contributed by atoms with Gasteiger partial charge >= 0.3 is 0 Å². The van der Waals surface area contributed by atoms with Gasteiger partial charge in [-0.05, 0) is 31.0 Å². The number of alkyl halides is 1. The molecule has 0 spiro atoms. The molecule has 0 unspecified atom stereocenters. The summed E-state index contributed by atoms with van der Waals surface area (Å²) in [6.07, 6.45) is 1.79. The molecule has 2 rings (SSSR count). The molecule has 0 aliphatic rings. The van der Waals surface area contributed by atoms with Crippen molar-refractivity contribution in [3.63, 3.8) is 0 Å². The van der Waals surface area contributed by atoms with Gasteiger partial charge in [-0.3, -0.25) is 4.79 Å². The zero-order valence-electron chi connectivity index (χ0n) is 10.7. The topological polar surface area (TPSA) is 42.0 Å². The van der Waals surface area contributed by atoms with Crippen LogP contribution >= 0.6 is 43.2 Å². The van der Waals surface area contributed by atoms with E-state index in [4.69, 9.17) is 0 Å². The summed E-state index contributed by atoms with van der Waals surface area (Å²) in [5.41, 5.74) is 2.07. The maximum absolute atomic E-state index is 11.9. The number of nitrogens with zero attached hydrogens (tertiary/aromatic N) is 1. The molecule has 0 aliphatic carbocycles. The number of amides is 1. The highest BCUT2D eigenvalue weighted by molar-refractivity contribution is 9.10. The van der Waals surface area contributed by atoms with Gasteiger partial charge in [0.2, 0.25) is 5.91 Å². The summed E-state index contributed by atoms with van der Waals surface area (Å²) in [4.78, 5) is 16.2. The average Bonchev–Trinajstić information content (AvgIpc) is 2.71. The van der Waals surface area contributed by atoms with Crippen LogP contribution in [0.15, 0.2) is 16.6 Å². The maximum Gasteiger partial charge on any atom is 0.239 e. The van der Waals surface area contributed by atoms with Crippen molar-refractivity contribution in [3.05, 3.63) is 22.2 Å². The number of thiazole rings is 1. The summed E-state index contributed by atoms with van der Waals surface area (Å²) in [5.74, 6) is -0.0308. The van der Waals surface area contributed by atoms with E-state index in [9.17, 15) is 4.79 Å². The first-order valence-corrected chi connectivity index (χ1v) is 8.55. The number of halogens is 2. The highest BCUT2D eigenvalue weighted by Crippen LogP contribution is 2.30. The Balaban J connectivity index is 2.20. The first-order chi connectivity index (χ1) is 9.01. The lowest BCUT2D eigenvalue weighted by molar-refractivity contribution is -0.115. The molecule has 1 amide bonds. The fourth-order valence-corrected chi connectivity index (χ4v) is 3.52. The summed E-state index contributed by atoms with van der Waals surface area (Å²) in [6, 6.07) is 4.05. The van der Waals surface area contributed by atoms with Crippen molar-refractivity contribution in [2.75, 3.05) is 5.32 Å². The number of fused-ring (bicyclic) bond motifs is 1. The molecule has 102 valence electrons. The van der Waals surface area contributed by atoms with Gasteiger partial charge in [0.05, 0.1) is 15.0 Å². The lowest BCUT2D eigenvalue weighted by Crippen LogP contribution is -2.22. The van der Waals surface area contributed by atoms with Crippen molar-refractivity contribution in [1.29, 1.82) is 0 Å². The number of aryl methyl sites for hydroxylation is 1. The molecule has 6 heteroatoms. The summed E-state index contributed by atoms with van der Waals surface area (Å²) in [7, 11) is 0. The van der Waals surface area contributed by atoms with Crippen LogP contribution in [0.4, 0.5) is 5.13 Å². The average molecular weight is 406 g/mol. The third kappa shape index (κ3) is 3.55. The van der Waals surface area contributed by atoms with E-state index in [2.05, 4.69) is 55.2 Å². The predicted octanol–water partition coefficient (Wildman–Crippen LogP) is 4.87. The van der Waals surface area contributed by atoms with Gasteiger partial charge in [-0.1, -0.05) is 56.5 Å². The number of hydrogen-bond donors (Lipinski definition) is 1. The third-order valence-electron chi connectivity index (χ3n) is 2.73. The third-order valence-corrected chi connectivity index (χ3v) is 5.39. The summed E-state index contributed by atoms with van der Waals surface area (Å²) in [5, 5.41) is 3.51. The first-order valence-electron chi connectivity index (χ1n) is 6.03. The molecule has 19 heavy (non-hydrogen) atoms. The van der Waals surface area contributed by atoms with Crippen LogP contribution in [0.25, 0.3) is 10.2 Å². The van der Waals surface area contributed by atoms with Crippen LogP contribution in [0.3, 0.4) is 0 Å². The van der Waals surface area contributed by atoms with E-state index in [-0.39, 0.29) is 10.7 Å². The van der Waals surface area contributed by atoms with Crippen LogP contribution < -0.4 is 5.32 Å². The molecule has 0 saturated heterocycles. The van der Waals surface area contributed by atoms with Crippen molar-refractivity contribution in [2.24, 2.45) is 0 Å². The minimum absolute atomic E-state index is 0.0308. The van der Waals surface area contributed by atoms with Gasteiger partial charge in [-0.15, -0.1) is 0 Å². The molecule has 3 nitrogen and oxygen atoms in total. The Morgan fingerprint density at radius 1 is 1.53 bits per heavy atom. The smallest absolute Gasteiger partial charge is 0.239 e. The first kappa shape index (κ1) is 14.9. The number of rotatable bonds is 4. The van der Waals surface area contributed by atoms with E-state index in [1.54, 1.807) is 0 Å². The number of nitrogens with one attached hydrogen (secondary N) is 1. The van der Waals surface area contributed by atoms with E-state index in [0.29, 0.717) is 5.13 Å². The second-order valence-electron chi connectivity index (χ2n) is 4.33. The molecule has 0 fully saturated rings. The molecule has 1 aromatic carbocycles. The van der Waals surface area contributed by atoms with Gasteiger partial charge in [0, 0.05) is 4.47 Å². The Hall–Kier alpha value is -0.460. The Kier molecular flexibility index (Phi) is 4.97. The van der Waals surface area contributed by atoms with Crippen molar-refractivity contribution in [3.8, 4) is 0 Å². The second kappa shape index (κ2) is 6.33. The zero-order valence-corrected chi connectivity index (χ0v) is 14.7. The van der Waals surface area contributed by atoms with Crippen molar-refractivity contribution >= 4 is 64.5 Å². The van der Waals surface area contributed by atoms with Crippen molar-refractivity contribution < 1.29 is 4.79 Å². The number of carbonyl (C=O) groups is 1. The SMILES string of the molecule is CCC[C@H](Br)C(=O)Nc1nc2cc(Br)c(C)cc2s1. The molecule has 0 aliphatic heterocycles. The second-order valence-corrected chi connectivity index (χ2v) is 7.32. The van der Waals surface area contributed by atoms with E-state index in [1.165, 1.54) is 16.9 Å². The largest absolute Gasteiger partial charge is 0.301 e. The van der Waals surface area contributed by atoms with Crippen LogP contribution in [0.2, 0.25) is 0 Å². The number of aromatic nitrogens is 1. The van der Waals surface area contributed by atoms with Crippen molar-refractivity contribution in [1.82, 2.24) is 4.98 Å². The molecule has 1 N–H and O–H groups in total. The molecule has 0 radical (unpaired) electrons. The summed E-state index contributed by atoms with van der Waals surface area (Å²) < 4.78 is 2.12. The number of carbonyl (C=O) groups excluding carboxylic acids is 1. The summed E-state index contributed by atoms with van der Waals surface area (Å²) in [6.45, 7) is 4.09. The minimum Gasteiger partial charge on any atom is -0.301 e. The number of anilines is 1. The monoisotopic (exact) mass is 404 g/mol. The van der Waals surface area contributed by atoms with E-state index < -0.39 is 0 Å². The minimum atomic E-state index is -0.155. The molecule has 2 aromatic rings. The van der Waals surface area contributed by atoms with E-state index in [1.807, 2.05) is 13.0 Å². The normalized spacial score (nSPS) is 12.6. The van der Waals surface area contributed by atoms with Gasteiger partial charge in [-0.2, -0.15) is 0 Å². The lowest BCUT2D eigenvalue weighted by atomic mass is 10.2. The molecule has 1 heterocycles. The Morgan fingerprint density at radius 2 is 2.26 bits per heavy atom. The number of hydrogen-bond acceptors (Lipinski definition) is 3.